The lowest BCUT2D eigenvalue weighted by Crippen LogP contribution is -2.36. The van der Waals surface area contributed by atoms with Crippen molar-refractivity contribution in [3.05, 3.63) is 69.9 Å². The van der Waals surface area contributed by atoms with E-state index < -0.39 is 11.7 Å². The van der Waals surface area contributed by atoms with Gasteiger partial charge in [-0.15, -0.1) is 0 Å². The van der Waals surface area contributed by atoms with Crippen molar-refractivity contribution in [1.29, 1.82) is 0 Å². The zero-order chi connectivity index (χ0) is 19.8. The van der Waals surface area contributed by atoms with Gasteiger partial charge >= 0.3 is 0 Å². The summed E-state index contributed by atoms with van der Waals surface area (Å²) in [5, 5.41) is 2.57. The first-order chi connectivity index (χ1) is 12.8. The van der Waals surface area contributed by atoms with Gasteiger partial charge in [-0.05, 0) is 36.6 Å². The second kappa shape index (κ2) is 10.1. The molecule has 0 aliphatic carbocycles. The molecule has 27 heavy (non-hydrogen) atoms. The molecule has 0 fully saturated rings. The topological polar surface area (TPSA) is 63.2 Å². The molecule has 0 heterocycles. The first kappa shape index (κ1) is 21.0. The minimum absolute atomic E-state index is 0.0197. The van der Waals surface area contributed by atoms with E-state index in [0.717, 1.165) is 5.56 Å². The molecule has 1 unspecified atom stereocenters. The molecule has 0 aliphatic heterocycles. The predicted octanol–water partition coefficient (Wildman–Crippen LogP) is 3.65. The Balaban J connectivity index is 2.08. The molecule has 1 amide bonds. The monoisotopic (exact) mass is 433 g/mol. The zero-order valence-electron chi connectivity index (χ0n) is 15.0. The van der Waals surface area contributed by atoms with Crippen molar-refractivity contribution in [3.8, 4) is 0 Å². The Morgan fingerprint density at radius 3 is 2.44 bits per heavy atom. The van der Waals surface area contributed by atoms with Crippen LogP contribution in [0.5, 0.6) is 0 Å². The normalized spacial score (nSPS) is 11.7. The van der Waals surface area contributed by atoms with Crippen LogP contribution in [0.2, 0.25) is 0 Å². The molecule has 0 aliphatic rings. The van der Waals surface area contributed by atoms with Gasteiger partial charge in [0.05, 0.1) is 6.54 Å². The van der Waals surface area contributed by atoms with Gasteiger partial charge in [-0.25, -0.2) is 4.39 Å². The van der Waals surface area contributed by atoms with Gasteiger partial charge in [-0.3, -0.25) is 14.4 Å². The summed E-state index contributed by atoms with van der Waals surface area (Å²) in [6.07, 6.45) is 0.275. The summed E-state index contributed by atoms with van der Waals surface area (Å²) in [4.78, 5) is 36.1. The first-order valence-corrected chi connectivity index (χ1v) is 9.41. The van der Waals surface area contributed by atoms with E-state index in [-0.39, 0.29) is 36.9 Å². The van der Waals surface area contributed by atoms with Gasteiger partial charge in [0.25, 0.3) is 0 Å². The Bertz CT molecular complexity index is 823. The number of carbonyl (C=O) groups is 3. The molecule has 2 aromatic rings. The fraction of sp³-hybridized carbons (Fsp3) is 0.286. The van der Waals surface area contributed by atoms with E-state index in [9.17, 15) is 18.8 Å². The molecule has 0 radical (unpaired) electrons. The third-order valence-electron chi connectivity index (χ3n) is 4.08. The summed E-state index contributed by atoms with van der Waals surface area (Å²) in [6, 6.07) is 13.9. The van der Waals surface area contributed by atoms with Gasteiger partial charge < -0.3 is 5.32 Å². The van der Waals surface area contributed by atoms with Gasteiger partial charge in [0.1, 0.15) is 17.4 Å². The van der Waals surface area contributed by atoms with E-state index in [1.165, 1.54) is 13.0 Å². The SMILES string of the molecule is CC(=O)CNC(=O)C(CC(=O)Cc1ccc(Br)cc1F)Cc1ccccc1. The molecule has 1 N–H and O–H groups in total. The minimum Gasteiger partial charge on any atom is -0.349 e. The number of hydrogen-bond donors (Lipinski definition) is 1. The Morgan fingerprint density at radius 2 is 1.81 bits per heavy atom. The molecule has 2 aromatic carbocycles. The van der Waals surface area contributed by atoms with Crippen molar-refractivity contribution in [2.24, 2.45) is 5.92 Å². The highest BCUT2D eigenvalue weighted by atomic mass is 79.9. The summed E-state index contributed by atoms with van der Waals surface area (Å²) in [5.74, 6) is -1.81. The van der Waals surface area contributed by atoms with Crippen molar-refractivity contribution in [2.45, 2.75) is 26.2 Å². The summed E-state index contributed by atoms with van der Waals surface area (Å²) in [7, 11) is 0. The van der Waals surface area contributed by atoms with Crippen molar-refractivity contribution in [1.82, 2.24) is 5.32 Å². The van der Waals surface area contributed by atoms with Crippen molar-refractivity contribution in [3.63, 3.8) is 0 Å². The standard InChI is InChI=1S/C21H21BrFNO3/c1-14(25)13-24-21(27)17(9-15-5-3-2-4-6-15)11-19(26)10-16-7-8-18(22)12-20(16)23/h2-8,12,17H,9-11,13H2,1H3,(H,24,27). The van der Waals surface area contributed by atoms with Crippen molar-refractivity contribution < 1.29 is 18.8 Å². The molecule has 1 atom stereocenters. The molecule has 0 saturated carbocycles. The third kappa shape index (κ3) is 7.06. The number of nitrogens with one attached hydrogen (secondary N) is 1. The number of carbonyl (C=O) groups excluding carboxylic acids is 3. The predicted molar refractivity (Wildman–Crippen MR) is 105 cm³/mol. The zero-order valence-corrected chi connectivity index (χ0v) is 16.6. The van der Waals surface area contributed by atoms with E-state index in [0.29, 0.717) is 16.5 Å². The lowest BCUT2D eigenvalue weighted by Gasteiger charge is -2.16. The lowest BCUT2D eigenvalue weighted by atomic mass is 9.91. The van der Waals surface area contributed by atoms with E-state index >= 15 is 0 Å². The van der Waals surface area contributed by atoms with E-state index in [4.69, 9.17) is 0 Å². The quantitative estimate of drug-likeness (QED) is 0.656. The fourth-order valence-corrected chi connectivity index (χ4v) is 3.07. The van der Waals surface area contributed by atoms with Crippen LogP contribution in [-0.4, -0.2) is 24.0 Å². The number of hydrogen-bond acceptors (Lipinski definition) is 3. The van der Waals surface area contributed by atoms with E-state index in [2.05, 4.69) is 21.2 Å². The second-order valence-corrected chi connectivity index (χ2v) is 7.38. The maximum Gasteiger partial charge on any atom is 0.224 e. The second-order valence-electron chi connectivity index (χ2n) is 6.46. The third-order valence-corrected chi connectivity index (χ3v) is 4.58. The molecule has 4 nitrogen and oxygen atoms in total. The van der Waals surface area contributed by atoms with Crippen LogP contribution in [0.4, 0.5) is 4.39 Å². The van der Waals surface area contributed by atoms with Crippen LogP contribution in [0.3, 0.4) is 0 Å². The average Bonchev–Trinajstić information content (AvgIpc) is 2.62. The highest BCUT2D eigenvalue weighted by Gasteiger charge is 2.23. The number of Topliss-reactive ketones (excluding diaryl/α,β-unsaturated/α-hetero) is 2. The Hall–Kier alpha value is -2.34. The number of halogens is 2. The summed E-state index contributed by atoms with van der Waals surface area (Å²) >= 11 is 3.18. The van der Waals surface area contributed by atoms with Crippen LogP contribution in [0, 0.1) is 11.7 Å². The molecule has 0 saturated heterocycles. The molecule has 6 heteroatoms. The highest BCUT2D eigenvalue weighted by Crippen LogP contribution is 2.19. The summed E-state index contributed by atoms with van der Waals surface area (Å²) < 4.78 is 14.6. The van der Waals surface area contributed by atoms with Crippen LogP contribution in [0.15, 0.2) is 53.0 Å². The number of rotatable bonds is 9. The van der Waals surface area contributed by atoms with Crippen LogP contribution in [0.1, 0.15) is 24.5 Å². The van der Waals surface area contributed by atoms with Gasteiger partial charge in [0.2, 0.25) is 5.91 Å². The van der Waals surface area contributed by atoms with Crippen LogP contribution in [-0.2, 0) is 27.2 Å². The molecule has 142 valence electrons. The highest BCUT2D eigenvalue weighted by molar-refractivity contribution is 9.10. The smallest absolute Gasteiger partial charge is 0.224 e. The maximum atomic E-state index is 14.0. The van der Waals surface area contributed by atoms with Crippen molar-refractivity contribution >= 4 is 33.4 Å². The molecule has 2 rings (SSSR count). The number of ketones is 2. The van der Waals surface area contributed by atoms with E-state index in [1.807, 2.05) is 30.3 Å². The molecule has 0 spiro atoms. The summed E-state index contributed by atoms with van der Waals surface area (Å²) in [6.45, 7) is 1.31. The summed E-state index contributed by atoms with van der Waals surface area (Å²) in [5.41, 5.74) is 1.22. The van der Waals surface area contributed by atoms with Gasteiger partial charge in [-0.1, -0.05) is 52.3 Å². The number of amides is 1. The Kier molecular flexibility index (Phi) is 7.85. The van der Waals surface area contributed by atoms with Gasteiger partial charge in [0, 0.05) is 23.2 Å². The van der Waals surface area contributed by atoms with Gasteiger partial charge in [-0.2, -0.15) is 0 Å². The number of benzene rings is 2. The van der Waals surface area contributed by atoms with Crippen LogP contribution in [0.25, 0.3) is 0 Å². The van der Waals surface area contributed by atoms with Crippen LogP contribution < -0.4 is 5.32 Å². The minimum atomic E-state index is -0.613. The molecular formula is C21H21BrFNO3. The molecular weight excluding hydrogens is 413 g/mol. The van der Waals surface area contributed by atoms with Gasteiger partial charge in [0.15, 0.2) is 0 Å². The van der Waals surface area contributed by atoms with E-state index in [1.54, 1.807) is 12.1 Å². The largest absolute Gasteiger partial charge is 0.349 e. The first-order valence-electron chi connectivity index (χ1n) is 8.62. The fourth-order valence-electron chi connectivity index (χ4n) is 2.74. The molecule has 0 bridgehead atoms. The maximum absolute atomic E-state index is 14.0. The Morgan fingerprint density at radius 1 is 1.11 bits per heavy atom. The van der Waals surface area contributed by atoms with Crippen LogP contribution >= 0.6 is 15.9 Å². The van der Waals surface area contributed by atoms with Crippen molar-refractivity contribution in [2.75, 3.05) is 6.54 Å². The average molecular weight is 434 g/mol. The lowest BCUT2D eigenvalue weighted by molar-refractivity contribution is -0.130. The Labute approximate surface area is 166 Å². The molecule has 0 aromatic heterocycles.